The maximum atomic E-state index is 10.9. The lowest BCUT2D eigenvalue weighted by atomic mass is 10.3. The second-order valence-corrected chi connectivity index (χ2v) is 2.57. The van der Waals surface area contributed by atoms with Gasteiger partial charge in [0.2, 0.25) is 0 Å². The fourth-order valence-corrected chi connectivity index (χ4v) is 0.934. The Morgan fingerprint density at radius 3 is 2.62 bits per heavy atom. The molecule has 0 aromatic rings. The predicted octanol–water partition coefficient (Wildman–Crippen LogP) is 1.75. The normalized spacial score (nSPS) is 13.2. The molecule has 0 aromatic heterocycles. The van der Waals surface area contributed by atoms with Crippen LogP contribution in [0.5, 0.6) is 0 Å². The smallest absolute Gasteiger partial charge is 0.330 e. The molecule has 0 fully saturated rings. The Hall–Kier alpha value is -0.540. The van der Waals surface area contributed by atoms with E-state index in [-0.39, 0.29) is 12.1 Å². The number of halogens is 1. The van der Waals surface area contributed by atoms with Gasteiger partial charge in [-0.2, -0.15) is 0 Å². The molecule has 0 spiro atoms. The Balaban J connectivity index is 3.83. The second kappa shape index (κ2) is 8.08. The third-order valence-electron chi connectivity index (χ3n) is 1.27. The maximum absolute atomic E-state index is 10.9. The largest absolute Gasteiger partial charge is 0.463 e. The first-order valence-electron chi connectivity index (χ1n) is 4.27. The lowest BCUT2D eigenvalue weighted by Gasteiger charge is -2.07. The zero-order valence-corrected chi connectivity index (χ0v) is 8.71. The Labute approximate surface area is 83.7 Å². The van der Waals surface area contributed by atoms with Crippen LogP contribution in [0.15, 0.2) is 12.2 Å². The van der Waals surface area contributed by atoms with Gasteiger partial charge in [0, 0.05) is 12.7 Å². The predicted molar refractivity (Wildman–Crippen MR) is 51.9 cm³/mol. The van der Waals surface area contributed by atoms with E-state index in [0.717, 1.165) is 0 Å². The summed E-state index contributed by atoms with van der Waals surface area (Å²) in [5, 5.41) is 0. The van der Waals surface area contributed by atoms with E-state index < -0.39 is 0 Å². The molecule has 0 aromatic carbocycles. The number of esters is 1. The van der Waals surface area contributed by atoms with Crippen molar-refractivity contribution in [3.05, 3.63) is 12.2 Å². The van der Waals surface area contributed by atoms with E-state index in [1.165, 1.54) is 6.08 Å². The Morgan fingerprint density at radius 2 is 2.15 bits per heavy atom. The van der Waals surface area contributed by atoms with Crippen molar-refractivity contribution in [1.82, 2.24) is 0 Å². The molecule has 1 unspecified atom stereocenters. The monoisotopic (exact) mass is 206 g/mol. The van der Waals surface area contributed by atoms with E-state index in [4.69, 9.17) is 21.1 Å². The molecule has 4 heteroatoms. The van der Waals surface area contributed by atoms with Crippen LogP contribution in [0.3, 0.4) is 0 Å². The van der Waals surface area contributed by atoms with Crippen LogP contribution in [0.2, 0.25) is 0 Å². The highest BCUT2D eigenvalue weighted by Crippen LogP contribution is 1.97. The molecule has 0 N–H and O–H groups in total. The summed E-state index contributed by atoms with van der Waals surface area (Å²) in [6.45, 7) is 4.58. The van der Waals surface area contributed by atoms with Crippen molar-refractivity contribution in [3.63, 3.8) is 0 Å². The van der Waals surface area contributed by atoms with Gasteiger partial charge in [0.1, 0.15) is 0 Å². The van der Waals surface area contributed by atoms with E-state index in [1.807, 2.05) is 6.92 Å². The quantitative estimate of drug-likeness (QED) is 0.377. The molecule has 0 aliphatic rings. The molecule has 0 radical (unpaired) electrons. The van der Waals surface area contributed by atoms with E-state index in [1.54, 1.807) is 13.0 Å². The van der Waals surface area contributed by atoms with Crippen LogP contribution >= 0.6 is 11.6 Å². The summed E-state index contributed by atoms with van der Waals surface area (Å²) in [6.07, 6.45) is 2.73. The standard InChI is InChI=1S/C9H15ClO3/c1-3-12-8(7-10)5-6-9(11)13-4-2/h5-6,8H,3-4,7H2,1-2H3/b6-5+. The molecule has 0 bridgehead atoms. The Kier molecular flexibility index (Phi) is 7.74. The number of rotatable bonds is 6. The Bertz CT molecular complexity index is 168. The summed E-state index contributed by atoms with van der Waals surface area (Å²) in [5.74, 6) is -0.0265. The van der Waals surface area contributed by atoms with Gasteiger partial charge in [0.15, 0.2) is 0 Å². The van der Waals surface area contributed by atoms with Gasteiger partial charge >= 0.3 is 5.97 Å². The summed E-state index contributed by atoms with van der Waals surface area (Å²) in [6, 6.07) is 0. The molecule has 0 aliphatic heterocycles. The molecule has 13 heavy (non-hydrogen) atoms. The molecular weight excluding hydrogens is 192 g/mol. The van der Waals surface area contributed by atoms with Crippen LogP contribution in [0.4, 0.5) is 0 Å². The van der Waals surface area contributed by atoms with Crippen molar-refractivity contribution in [2.24, 2.45) is 0 Å². The van der Waals surface area contributed by atoms with Gasteiger partial charge in [-0.3, -0.25) is 0 Å². The molecule has 1 atom stereocenters. The minimum atomic E-state index is -0.364. The van der Waals surface area contributed by atoms with Crippen LogP contribution in [0.1, 0.15) is 13.8 Å². The second-order valence-electron chi connectivity index (χ2n) is 2.26. The molecule has 0 saturated carbocycles. The number of carbonyl (C=O) groups excluding carboxylic acids is 1. The lowest BCUT2D eigenvalue weighted by molar-refractivity contribution is -0.137. The summed E-state index contributed by atoms with van der Waals surface area (Å²) in [4.78, 5) is 10.9. The summed E-state index contributed by atoms with van der Waals surface area (Å²) >= 11 is 5.58. The van der Waals surface area contributed by atoms with Crippen LogP contribution in [0.25, 0.3) is 0 Å². The number of alkyl halides is 1. The van der Waals surface area contributed by atoms with Crippen molar-refractivity contribution < 1.29 is 14.3 Å². The number of ether oxygens (including phenoxy) is 2. The summed E-state index contributed by atoms with van der Waals surface area (Å²) in [7, 11) is 0. The van der Waals surface area contributed by atoms with Gasteiger partial charge < -0.3 is 9.47 Å². The van der Waals surface area contributed by atoms with Gasteiger partial charge in [-0.1, -0.05) is 0 Å². The molecule has 0 heterocycles. The van der Waals surface area contributed by atoms with Gasteiger partial charge in [0.25, 0.3) is 0 Å². The van der Waals surface area contributed by atoms with E-state index in [0.29, 0.717) is 19.1 Å². The molecule has 0 aliphatic carbocycles. The van der Waals surface area contributed by atoms with Crippen LogP contribution in [0, 0.1) is 0 Å². The summed E-state index contributed by atoms with van der Waals surface area (Å²) < 4.78 is 9.88. The molecule has 0 amide bonds. The molecular formula is C9H15ClO3. The first-order chi connectivity index (χ1) is 6.24. The lowest BCUT2D eigenvalue weighted by Crippen LogP contribution is -2.12. The first-order valence-corrected chi connectivity index (χ1v) is 4.80. The van der Waals surface area contributed by atoms with Gasteiger partial charge in [-0.05, 0) is 19.9 Å². The third kappa shape index (κ3) is 6.61. The van der Waals surface area contributed by atoms with E-state index in [9.17, 15) is 4.79 Å². The first kappa shape index (κ1) is 12.5. The van der Waals surface area contributed by atoms with Crippen molar-refractivity contribution in [3.8, 4) is 0 Å². The SMILES string of the molecule is CCOC(=O)/C=C/C(CCl)OCC. The Morgan fingerprint density at radius 1 is 1.46 bits per heavy atom. The number of carbonyl (C=O) groups is 1. The zero-order valence-electron chi connectivity index (χ0n) is 7.96. The van der Waals surface area contributed by atoms with Crippen LogP contribution in [-0.2, 0) is 14.3 Å². The van der Waals surface area contributed by atoms with E-state index in [2.05, 4.69) is 0 Å². The van der Waals surface area contributed by atoms with Gasteiger partial charge in [0.05, 0.1) is 18.6 Å². The van der Waals surface area contributed by atoms with Crippen molar-refractivity contribution in [2.75, 3.05) is 19.1 Å². The minimum absolute atomic E-state index is 0.212. The average Bonchev–Trinajstić information content (AvgIpc) is 2.12. The average molecular weight is 207 g/mol. The highest BCUT2D eigenvalue weighted by atomic mass is 35.5. The topological polar surface area (TPSA) is 35.5 Å². The zero-order chi connectivity index (χ0) is 10.1. The van der Waals surface area contributed by atoms with Crippen LogP contribution in [-0.4, -0.2) is 31.2 Å². The fourth-order valence-electron chi connectivity index (χ4n) is 0.742. The van der Waals surface area contributed by atoms with Crippen molar-refractivity contribution >= 4 is 17.6 Å². The minimum Gasteiger partial charge on any atom is -0.463 e. The van der Waals surface area contributed by atoms with Crippen molar-refractivity contribution in [2.45, 2.75) is 20.0 Å². The molecule has 3 nitrogen and oxygen atoms in total. The summed E-state index contributed by atoms with van der Waals surface area (Å²) in [5.41, 5.74) is 0. The van der Waals surface area contributed by atoms with Crippen molar-refractivity contribution in [1.29, 1.82) is 0 Å². The molecule has 0 saturated heterocycles. The highest BCUT2D eigenvalue weighted by Gasteiger charge is 2.02. The van der Waals surface area contributed by atoms with Crippen LogP contribution < -0.4 is 0 Å². The van der Waals surface area contributed by atoms with Gasteiger partial charge in [-0.25, -0.2) is 4.79 Å². The third-order valence-corrected chi connectivity index (χ3v) is 1.57. The fraction of sp³-hybridized carbons (Fsp3) is 0.667. The molecule has 0 rings (SSSR count). The highest BCUT2D eigenvalue weighted by molar-refractivity contribution is 6.18. The van der Waals surface area contributed by atoms with E-state index >= 15 is 0 Å². The van der Waals surface area contributed by atoms with Gasteiger partial charge in [-0.15, -0.1) is 11.6 Å². The number of hydrogen-bond donors (Lipinski definition) is 0. The number of hydrogen-bond acceptors (Lipinski definition) is 3. The molecule has 76 valence electrons. The maximum Gasteiger partial charge on any atom is 0.330 e.